The van der Waals surface area contributed by atoms with Crippen molar-refractivity contribution >= 4 is 34.9 Å². The Hall–Kier alpha value is -1.82. The molecule has 6 heteroatoms. The molecular weight excluding hydrogens is 322 g/mol. The summed E-state index contributed by atoms with van der Waals surface area (Å²) in [7, 11) is 0. The number of amides is 2. The zero-order valence-corrected chi connectivity index (χ0v) is 15.1. The predicted octanol–water partition coefficient (Wildman–Crippen LogP) is 2.77. The fourth-order valence-electron chi connectivity index (χ4n) is 2.67. The molecule has 0 saturated heterocycles. The molecule has 2 rings (SSSR count). The lowest BCUT2D eigenvalue weighted by Gasteiger charge is -2.30. The molecule has 1 N–H and O–H groups in total. The van der Waals surface area contributed by atoms with Crippen LogP contribution in [0.15, 0.2) is 29.3 Å². The van der Waals surface area contributed by atoms with Crippen LogP contribution in [0.5, 0.6) is 0 Å². The molecule has 2 amide bonds. The number of carbonyl (C=O) groups is 2. The highest BCUT2D eigenvalue weighted by atomic mass is 32.1. The van der Waals surface area contributed by atoms with Crippen molar-refractivity contribution in [1.82, 2.24) is 10.2 Å². The highest BCUT2D eigenvalue weighted by Gasteiger charge is 2.33. The van der Waals surface area contributed by atoms with Crippen LogP contribution in [0.2, 0.25) is 0 Å². The maximum Gasteiger partial charge on any atom is 0.241 e. The van der Waals surface area contributed by atoms with Gasteiger partial charge in [-0.25, -0.2) is 4.99 Å². The summed E-state index contributed by atoms with van der Waals surface area (Å²) in [6.07, 6.45) is 11.4. The van der Waals surface area contributed by atoms with Gasteiger partial charge in [0.05, 0.1) is 11.6 Å². The number of hydrogen-bond acceptors (Lipinski definition) is 3. The van der Waals surface area contributed by atoms with E-state index in [0.29, 0.717) is 18.1 Å². The standard InChI is InChI=1S/C18H25N3O2S/c1-3-13(2)19-16(22)11-5-4-8-12-21-17(23)14-9-6-7-10-15(14)20-18(21)24/h6-7,9-10,13-14H,3-5,8,11-12H2,1-2H3,(H,19,22). The summed E-state index contributed by atoms with van der Waals surface area (Å²) in [4.78, 5) is 30.2. The molecule has 2 unspecified atom stereocenters. The average molecular weight is 347 g/mol. The van der Waals surface area contributed by atoms with Crippen LogP contribution in [0, 0.1) is 5.92 Å². The third-order valence-corrected chi connectivity index (χ3v) is 4.61. The van der Waals surface area contributed by atoms with Gasteiger partial charge >= 0.3 is 0 Å². The van der Waals surface area contributed by atoms with E-state index < -0.39 is 0 Å². The minimum Gasteiger partial charge on any atom is -0.354 e. The fourth-order valence-corrected chi connectivity index (χ4v) is 2.95. The molecule has 0 aromatic carbocycles. The molecule has 5 nitrogen and oxygen atoms in total. The molecule has 0 saturated carbocycles. The summed E-state index contributed by atoms with van der Waals surface area (Å²) in [5.74, 6) is -0.203. The van der Waals surface area contributed by atoms with Crippen LogP contribution in [0.3, 0.4) is 0 Å². The van der Waals surface area contributed by atoms with Crippen molar-refractivity contribution in [1.29, 1.82) is 0 Å². The Bertz CT molecular complexity index is 595. The van der Waals surface area contributed by atoms with Gasteiger partial charge in [0.2, 0.25) is 16.9 Å². The monoisotopic (exact) mass is 347 g/mol. The van der Waals surface area contributed by atoms with E-state index in [4.69, 9.17) is 12.2 Å². The van der Waals surface area contributed by atoms with E-state index in [-0.39, 0.29) is 23.8 Å². The molecule has 1 aliphatic heterocycles. The van der Waals surface area contributed by atoms with Crippen molar-refractivity contribution in [3.05, 3.63) is 24.3 Å². The molecule has 0 spiro atoms. The third-order valence-electron chi connectivity index (χ3n) is 4.29. The highest BCUT2D eigenvalue weighted by molar-refractivity contribution is 7.80. The minimum absolute atomic E-state index is 0.000105. The number of hydrogen-bond donors (Lipinski definition) is 1. The van der Waals surface area contributed by atoms with Gasteiger partial charge in [0.15, 0.2) is 0 Å². The molecule has 0 bridgehead atoms. The molecule has 2 aliphatic rings. The second-order valence-corrected chi connectivity index (χ2v) is 6.58. The van der Waals surface area contributed by atoms with Gasteiger partial charge in [-0.3, -0.25) is 14.5 Å². The number of rotatable bonds is 8. The summed E-state index contributed by atoms with van der Waals surface area (Å²) in [6, 6.07) is 0.227. The van der Waals surface area contributed by atoms with E-state index in [1.54, 1.807) is 4.90 Å². The molecule has 0 fully saturated rings. The maximum atomic E-state index is 12.5. The molecule has 2 atom stereocenters. The van der Waals surface area contributed by atoms with Gasteiger partial charge in [-0.2, -0.15) is 0 Å². The Labute approximate surface area is 148 Å². The Kier molecular flexibility index (Phi) is 6.85. The molecule has 0 aromatic rings. The van der Waals surface area contributed by atoms with Crippen LogP contribution < -0.4 is 5.32 Å². The smallest absolute Gasteiger partial charge is 0.241 e. The Morgan fingerprint density at radius 2 is 2.17 bits per heavy atom. The SMILES string of the molecule is CCC(C)NC(=O)CCCCCN1C(=O)C2C=CC=CC2=NC1=S. The summed E-state index contributed by atoms with van der Waals surface area (Å²) in [5.41, 5.74) is 0.727. The predicted molar refractivity (Wildman–Crippen MR) is 99.9 cm³/mol. The first-order valence-corrected chi connectivity index (χ1v) is 9.02. The van der Waals surface area contributed by atoms with Gasteiger partial charge in [-0.05, 0) is 44.5 Å². The largest absolute Gasteiger partial charge is 0.354 e. The number of aliphatic imine (C=N–C) groups is 1. The van der Waals surface area contributed by atoms with E-state index >= 15 is 0 Å². The molecule has 1 heterocycles. The van der Waals surface area contributed by atoms with Crippen molar-refractivity contribution in [3.8, 4) is 0 Å². The molecule has 130 valence electrons. The fraction of sp³-hybridized carbons (Fsp3) is 0.556. The first kappa shape index (κ1) is 18.5. The van der Waals surface area contributed by atoms with E-state index in [1.807, 2.05) is 31.2 Å². The van der Waals surface area contributed by atoms with Gasteiger partial charge in [0.1, 0.15) is 0 Å². The van der Waals surface area contributed by atoms with Crippen LogP contribution in [0.25, 0.3) is 0 Å². The van der Waals surface area contributed by atoms with Crippen molar-refractivity contribution in [2.45, 2.75) is 52.0 Å². The van der Waals surface area contributed by atoms with Gasteiger partial charge in [-0.15, -0.1) is 0 Å². The number of nitrogens with one attached hydrogen (secondary N) is 1. The van der Waals surface area contributed by atoms with E-state index in [0.717, 1.165) is 31.4 Å². The van der Waals surface area contributed by atoms with Crippen LogP contribution in [0.4, 0.5) is 0 Å². The number of nitrogens with zero attached hydrogens (tertiary/aromatic N) is 2. The van der Waals surface area contributed by atoms with Crippen LogP contribution in [-0.2, 0) is 9.59 Å². The summed E-state index contributed by atoms with van der Waals surface area (Å²) < 4.78 is 0. The first-order chi connectivity index (χ1) is 11.5. The lowest BCUT2D eigenvalue weighted by atomic mass is 9.95. The summed E-state index contributed by atoms with van der Waals surface area (Å²) in [5, 5.41) is 3.31. The molecule has 0 aromatic heterocycles. The number of fused-ring (bicyclic) bond motifs is 1. The number of allylic oxidation sites excluding steroid dienone is 3. The Morgan fingerprint density at radius 3 is 2.92 bits per heavy atom. The maximum absolute atomic E-state index is 12.5. The normalized spacial score (nSPS) is 20.7. The summed E-state index contributed by atoms with van der Waals surface area (Å²) in [6.45, 7) is 4.62. The molecular formula is C18H25N3O2S. The van der Waals surface area contributed by atoms with Gasteiger partial charge < -0.3 is 5.32 Å². The van der Waals surface area contributed by atoms with Crippen molar-refractivity contribution in [2.24, 2.45) is 10.9 Å². The van der Waals surface area contributed by atoms with Crippen molar-refractivity contribution in [3.63, 3.8) is 0 Å². The van der Waals surface area contributed by atoms with Crippen LogP contribution in [0.1, 0.15) is 46.0 Å². The topological polar surface area (TPSA) is 61.8 Å². The Balaban J connectivity index is 1.73. The third kappa shape index (κ3) is 4.84. The molecule has 1 aliphatic carbocycles. The minimum atomic E-state index is -0.303. The number of thiocarbonyl (C=S) groups is 1. The summed E-state index contributed by atoms with van der Waals surface area (Å²) >= 11 is 5.25. The van der Waals surface area contributed by atoms with Crippen molar-refractivity contribution < 1.29 is 9.59 Å². The average Bonchev–Trinajstić information content (AvgIpc) is 2.57. The zero-order chi connectivity index (χ0) is 17.5. The highest BCUT2D eigenvalue weighted by Crippen LogP contribution is 2.20. The van der Waals surface area contributed by atoms with Gasteiger partial charge in [0.25, 0.3) is 0 Å². The first-order valence-electron chi connectivity index (χ1n) is 8.61. The number of unbranched alkanes of at least 4 members (excludes halogenated alkanes) is 2. The zero-order valence-electron chi connectivity index (χ0n) is 14.3. The van der Waals surface area contributed by atoms with E-state index in [9.17, 15) is 9.59 Å². The van der Waals surface area contributed by atoms with E-state index in [1.165, 1.54) is 0 Å². The Morgan fingerprint density at radius 1 is 1.38 bits per heavy atom. The van der Waals surface area contributed by atoms with Crippen LogP contribution >= 0.6 is 12.2 Å². The molecule has 0 radical (unpaired) electrons. The lowest BCUT2D eigenvalue weighted by Crippen LogP contribution is -2.46. The van der Waals surface area contributed by atoms with Gasteiger partial charge in [-0.1, -0.05) is 31.6 Å². The van der Waals surface area contributed by atoms with Crippen LogP contribution in [-0.4, -0.2) is 40.1 Å². The molecule has 24 heavy (non-hydrogen) atoms. The van der Waals surface area contributed by atoms with E-state index in [2.05, 4.69) is 17.2 Å². The quantitative estimate of drug-likeness (QED) is 0.542. The second-order valence-electron chi connectivity index (χ2n) is 6.22. The van der Waals surface area contributed by atoms with Gasteiger partial charge in [0, 0.05) is 19.0 Å². The lowest BCUT2D eigenvalue weighted by molar-refractivity contribution is -0.128. The van der Waals surface area contributed by atoms with Crippen molar-refractivity contribution in [2.75, 3.05) is 6.54 Å². The number of carbonyl (C=O) groups excluding carboxylic acids is 2. The second kappa shape index (κ2) is 8.87.